The van der Waals surface area contributed by atoms with Gasteiger partial charge in [-0.1, -0.05) is 38.8 Å². The second-order valence-electron chi connectivity index (χ2n) is 4.76. The van der Waals surface area contributed by atoms with Gasteiger partial charge in [-0.05, 0) is 36.5 Å². The van der Waals surface area contributed by atoms with Crippen molar-refractivity contribution in [1.29, 1.82) is 0 Å². The fourth-order valence-corrected chi connectivity index (χ4v) is 2.56. The number of nitrogens with two attached hydrogens (primary N) is 1. The van der Waals surface area contributed by atoms with Crippen molar-refractivity contribution in [3.63, 3.8) is 0 Å². The van der Waals surface area contributed by atoms with Crippen LogP contribution in [0.4, 0.5) is 0 Å². The minimum absolute atomic E-state index is 0.208. The average Bonchev–Trinajstić information content (AvgIpc) is 2.40. The third-order valence-corrected chi connectivity index (χ3v) is 3.42. The normalized spacial score (nSPS) is 12.7. The van der Waals surface area contributed by atoms with Crippen LogP contribution in [-0.4, -0.2) is 7.11 Å². The lowest BCUT2D eigenvalue weighted by Crippen LogP contribution is -2.33. The zero-order chi connectivity index (χ0) is 13.4. The van der Waals surface area contributed by atoms with Crippen LogP contribution < -0.4 is 16.0 Å². The van der Waals surface area contributed by atoms with Crippen LogP contribution in [0.2, 0.25) is 0 Å². The van der Waals surface area contributed by atoms with Gasteiger partial charge in [0.15, 0.2) is 0 Å². The van der Waals surface area contributed by atoms with Crippen LogP contribution >= 0.6 is 0 Å². The van der Waals surface area contributed by atoms with E-state index < -0.39 is 0 Å². The number of ether oxygens (including phenoxy) is 1. The number of hydrogen-bond acceptors (Lipinski definition) is 3. The largest absolute Gasteiger partial charge is 0.497 e. The van der Waals surface area contributed by atoms with E-state index in [1.165, 1.54) is 31.2 Å². The third-order valence-electron chi connectivity index (χ3n) is 3.42. The first kappa shape index (κ1) is 15.0. The molecule has 0 spiro atoms. The van der Waals surface area contributed by atoms with Crippen LogP contribution in [0.1, 0.15) is 51.1 Å². The van der Waals surface area contributed by atoms with E-state index in [0.29, 0.717) is 5.92 Å². The van der Waals surface area contributed by atoms with Crippen molar-refractivity contribution in [2.45, 2.75) is 45.6 Å². The van der Waals surface area contributed by atoms with Crippen molar-refractivity contribution in [1.82, 2.24) is 5.43 Å². The van der Waals surface area contributed by atoms with Crippen LogP contribution in [0.5, 0.6) is 5.75 Å². The number of nitrogens with one attached hydrogen (secondary N) is 1. The van der Waals surface area contributed by atoms with E-state index >= 15 is 0 Å². The highest BCUT2D eigenvalue weighted by molar-refractivity contribution is 5.30. The summed E-state index contributed by atoms with van der Waals surface area (Å²) in [6, 6.07) is 8.38. The lowest BCUT2D eigenvalue weighted by Gasteiger charge is -2.26. The number of hydrazine groups is 1. The van der Waals surface area contributed by atoms with E-state index in [2.05, 4.69) is 31.4 Å². The summed E-state index contributed by atoms with van der Waals surface area (Å²) in [5.74, 6) is 7.24. The fourth-order valence-electron chi connectivity index (χ4n) is 2.56. The molecule has 0 aliphatic carbocycles. The molecule has 0 amide bonds. The van der Waals surface area contributed by atoms with E-state index in [9.17, 15) is 0 Å². The highest BCUT2D eigenvalue weighted by Gasteiger charge is 2.21. The lowest BCUT2D eigenvalue weighted by molar-refractivity contribution is 0.318. The van der Waals surface area contributed by atoms with Crippen molar-refractivity contribution in [2.24, 2.45) is 11.8 Å². The summed E-state index contributed by atoms with van der Waals surface area (Å²) >= 11 is 0. The standard InChI is InChI=1S/C15H26N2O/c1-4-7-12(8-5-2)15(17-16)13-9-6-10-14(11-13)18-3/h6,9-12,15,17H,4-5,7-8,16H2,1-3H3. The zero-order valence-corrected chi connectivity index (χ0v) is 11.8. The Morgan fingerprint density at radius 1 is 1.22 bits per heavy atom. The number of hydrogen-bond donors (Lipinski definition) is 2. The Morgan fingerprint density at radius 2 is 1.89 bits per heavy atom. The Labute approximate surface area is 111 Å². The van der Waals surface area contributed by atoms with Crippen molar-refractivity contribution in [3.05, 3.63) is 29.8 Å². The second kappa shape index (κ2) is 8.11. The van der Waals surface area contributed by atoms with Gasteiger partial charge in [0, 0.05) is 6.04 Å². The van der Waals surface area contributed by atoms with Gasteiger partial charge in [-0.2, -0.15) is 0 Å². The van der Waals surface area contributed by atoms with Gasteiger partial charge in [0.2, 0.25) is 0 Å². The maximum absolute atomic E-state index is 5.77. The van der Waals surface area contributed by atoms with Crippen LogP contribution in [0, 0.1) is 5.92 Å². The molecule has 0 bridgehead atoms. The molecule has 1 rings (SSSR count). The van der Waals surface area contributed by atoms with Gasteiger partial charge >= 0.3 is 0 Å². The Bertz CT molecular complexity index is 335. The Balaban J connectivity index is 2.90. The molecule has 0 saturated heterocycles. The molecule has 0 heterocycles. The summed E-state index contributed by atoms with van der Waals surface area (Å²) in [6.07, 6.45) is 4.76. The van der Waals surface area contributed by atoms with Crippen LogP contribution in [-0.2, 0) is 0 Å². The Kier molecular flexibility index (Phi) is 6.76. The number of rotatable bonds is 8. The number of methoxy groups -OCH3 is 1. The van der Waals surface area contributed by atoms with E-state index in [1.807, 2.05) is 12.1 Å². The smallest absolute Gasteiger partial charge is 0.119 e. The monoisotopic (exact) mass is 250 g/mol. The molecule has 1 aromatic rings. The molecule has 0 saturated carbocycles. The predicted molar refractivity (Wildman–Crippen MR) is 76.4 cm³/mol. The summed E-state index contributed by atoms with van der Waals surface area (Å²) < 4.78 is 5.28. The van der Waals surface area contributed by atoms with Gasteiger partial charge in [0.1, 0.15) is 5.75 Å². The molecule has 1 aromatic carbocycles. The molecule has 0 radical (unpaired) electrons. The molecule has 0 aliphatic heterocycles. The van der Waals surface area contributed by atoms with Crippen LogP contribution in [0.25, 0.3) is 0 Å². The summed E-state index contributed by atoms with van der Waals surface area (Å²) in [5.41, 5.74) is 4.20. The first-order valence-electron chi connectivity index (χ1n) is 6.86. The molecule has 3 heteroatoms. The van der Waals surface area contributed by atoms with Crippen LogP contribution in [0.15, 0.2) is 24.3 Å². The summed E-state index contributed by atoms with van der Waals surface area (Å²) in [4.78, 5) is 0. The van der Waals surface area contributed by atoms with Crippen molar-refractivity contribution in [3.8, 4) is 5.75 Å². The predicted octanol–water partition coefficient (Wildman–Crippen LogP) is 3.42. The molecular weight excluding hydrogens is 224 g/mol. The number of benzene rings is 1. The van der Waals surface area contributed by atoms with Gasteiger partial charge in [0.05, 0.1) is 7.11 Å². The first-order chi connectivity index (χ1) is 8.76. The van der Waals surface area contributed by atoms with E-state index in [1.54, 1.807) is 7.11 Å². The lowest BCUT2D eigenvalue weighted by atomic mass is 9.86. The van der Waals surface area contributed by atoms with Crippen LogP contribution in [0.3, 0.4) is 0 Å². The fraction of sp³-hybridized carbons (Fsp3) is 0.600. The average molecular weight is 250 g/mol. The van der Waals surface area contributed by atoms with Gasteiger partial charge < -0.3 is 4.74 Å². The maximum atomic E-state index is 5.77. The highest BCUT2D eigenvalue weighted by Crippen LogP contribution is 2.30. The summed E-state index contributed by atoms with van der Waals surface area (Å²) in [7, 11) is 1.69. The molecule has 102 valence electrons. The van der Waals surface area contributed by atoms with Gasteiger partial charge in [-0.25, -0.2) is 0 Å². The van der Waals surface area contributed by atoms with Gasteiger partial charge in [0.25, 0.3) is 0 Å². The van der Waals surface area contributed by atoms with Crippen molar-refractivity contribution < 1.29 is 4.74 Å². The van der Waals surface area contributed by atoms with E-state index in [4.69, 9.17) is 10.6 Å². The zero-order valence-electron chi connectivity index (χ0n) is 11.8. The molecule has 18 heavy (non-hydrogen) atoms. The molecular formula is C15H26N2O. The molecule has 0 aromatic heterocycles. The third kappa shape index (κ3) is 4.00. The second-order valence-corrected chi connectivity index (χ2v) is 4.76. The minimum Gasteiger partial charge on any atom is -0.497 e. The molecule has 0 fully saturated rings. The van der Waals surface area contributed by atoms with Gasteiger partial charge in [-0.3, -0.25) is 11.3 Å². The Hall–Kier alpha value is -1.06. The van der Waals surface area contributed by atoms with E-state index in [0.717, 1.165) is 5.75 Å². The highest BCUT2D eigenvalue weighted by atomic mass is 16.5. The molecule has 3 N–H and O–H groups in total. The molecule has 1 unspecified atom stereocenters. The SMILES string of the molecule is CCCC(CCC)C(NN)c1cccc(OC)c1. The molecule has 0 aliphatic rings. The summed E-state index contributed by atoms with van der Waals surface area (Å²) in [6.45, 7) is 4.45. The maximum Gasteiger partial charge on any atom is 0.119 e. The summed E-state index contributed by atoms with van der Waals surface area (Å²) in [5, 5.41) is 0. The molecule has 1 atom stereocenters. The molecule has 3 nitrogen and oxygen atoms in total. The van der Waals surface area contributed by atoms with E-state index in [-0.39, 0.29) is 6.04 Å². The van der Waals surface area contributed by atoms with Crippen molar-refractivity contribution >= 4 is 0 Å². The first-order valence-corrected chi connectivity index (χ1v) is 6.86. The minimum atomic E-state index is 0.208. The Morgan fingerprint density at radius 3 is 2.39 bits per heavy atom. The van der Waals surface area contributed by atoms with Gasteiger partial charge in [-0.15, -0.1) is 0 Å². The van der Waals surface area contributed by atoms with Crippen molar-refractivity contribution in [2.75, 3.05) is 7.11 Å². The topological polar surface area (TPSA) is 47.3 Å². The quantitative estimate of drug-likeness (QED) is 0.549.